The van der Waals surface area contributed by atoms with Crippen LogP contribution in [0, 0.1) is 0 Å². The minimum absolute atomic E-state index is 0.804. The Labute approximate surface area is 94.6 Å². The van der Waals surface area contributed by atoms with Crippen molar-refractivity contribution in [2.75, 3.05) is 0 Å². The molecule has 0 bridgehead atoms. The zero-order valence-electron chi connectivity index (χ0n) is 9.37. The van der Waals surface area contributed by atoms with Gasteiger partial charge in [-0.2, -0.15) is 0 Å². The van der Waals surface area contributed by atoms with E-state index < -0.39 is 11.7 Å². The topological polar surface area (TPSA) is 0 Å². The average molecular weight is 220 g/mol. The summed E-state index contributed by atoms with van der Waals surface area (Å²) in [6.07, 6.45) is 4.36. The first-order valence-electron chi connectivity index (χ1n) is 5.03. The lowest BCUT2D eigenvalue weighted by molar-refractivity contribution is 0.555. The van der Waals surface area contributed by atoms with E-state index in [1.807, 2.05) is 37.3 Å². The van der Waals surface area contributed by atoms with Crippen molar-refractivity contribution in [1.29, 1.82) is 0 Å². The fourth-order valence-electron chi connectivity index (χ4n) is 1.19. The van der Waals surface area contributed by atoms with Crippen LogP contribution in [0.4, 0.5) is 8.78 Å². The van der Waals surface area contributed by atoms with Crippen molar-refractivity contribution < 1.29 is 8.78 Å². The molecule has 2 heteroatoms. The molecule has 1 aromatic carbocycles. The smallest absolute Gasteiger partial charge is 0.154 e. The van der Waals surface area contributed by atoms with Crippen LogP contribution >= 0.6 is 0 Å². The second-order valence-corrected chi connectivity index (χ2v) is 3.46. The fraction of sp³-hybridized carbons (Fsp3) is 0.143. The third-order valence-electron chi connectivity index (χ3n) is 2.15. The van der Waals surface area contributed by atoms with Gasteiger partial charge in [-0.25, -0.2) is 8.78 Å². The summed E-state index contributed by atoms with van der Waals surface area (Å²) < 4.78 is 25.1. The average Bonchev–Trinajstić information content (AvgIpc) is 2.29. The van der Waals surface area contributed by atoms with Crippen molar-refractivity contribution in [3.8, 4) is 0 Å². The summed E-state index contributed by atoms with van der Waals surface area (Å²) in [5, 5.41) is 0. The Morgan fingerprint density at radius 3 is 2.25 bits per heavy atom. The van der Waals surface area contributed by atoms with Crippen LogP contribution in [0.15, 0.2) is 60.2 Å². The molecule has 0 aromatic heterocycles. The van der Waals surface area contributed by atoms with E-state index in [4.69, 9.17) is 0 Å². The number of benzene rings is 1. The number of rotatable bonds is 3. The Hall–Kier alpha value is -1.70. The number of hydrogen-bond acceptors (Lipinski definition) is 0. The molecule has 0 spiro atoms. The van der Waals surface area contributed by atoms with E-state index in [9.17, 15) is 8.78 Å². The first-order valence-corrected chi connectivity index (χ1v) is 5.03. The highest BCUT2D eigenvalue weighted by atomic mass is 19.2. The normalized spacial score (nSPS) is 14.1. The lowest BCUT2D eigenvalue weighted by Gasteiger charge is -1.98. The molecule has 1 aromatic rings. The maximum atomic E-state index is 12.8. The molecular weight excluding hydrogens is 206 g/mol. The van der Waals surface area contributed by atoms with Crippen molar-refractivity contribution in [3.05, 3.63) is 65.8 Å². The van der Waals surface area contributed by atoms with Gasteiger partial charge in [0.25, 0.3) is 0 Å². The van der Waals surface area contributed by atoms with Gasteiger partial charge in [-0.3, -0.25) is 0 Å². The quantitative estimate of drug-likeness (QED) is 0.641. The monoisotopic (exact) mass is 220 g/mol. The first kappa shape index (κ1) is 12.4. The molecule has 0 aliphatic rings. The first-order chi connectivity index (χ1) is 7.61. The van der Waals surface area contributed by atoms with Crippen LogP contribution in [0.1, 0.15) is 19.4 Å². The van der Waals surface area contributed by atoms with Gasteiger partial charge in [-0.05, 0) is 31.1 Å². The van der Waals surface area contributed by atoms with Crippen LogP contribution < -0.4 is 0 Å². The number of halogens is 2. The van der Waals surface area contributed by atoms with Gasteiger partial charge in [0, 0.05) is 0 Å². The van der Waals surface area contributed by atoms with Crippen molar-refractivity contribution in [1.82, 2.24) is 0 Å². The minimum Gasteiger partial charge on any atom is -0.209 e. The molecule has 0 atom stereocenters. The van der Waals surface area contributed by atoms with Gasteiger partial charge in [-0.15, -0.1) is 0 Å². The third kappa shape index (κ3) is 3.81. The Kier molecular flexibility index (Phi) is 4.65. The van der Waals surface area contributed by atoms with Gasteiger partial charge < -0.3 is 0 Å². The van der Waals surface area contributed by atoms with E-state index in [1.54, 1.807) is 6.08 Å². The van der Waals surface area contributed by atoms with Crippen molar-refractivity contribution in [3.63, 3.8) is 0 Å². The molecule has 0 aliphatic carbocycles. The van der Waals surface area contributed by atoms with Gasteiger partial charge in [-0.1, -0.05) is 42.5 Å². The van der Waals surface area contributed by atoms with E-state index in [0.717, 1.165) is 24.1 Å². The van der Waals surface area contributed by atoms with E-state index in [1.165, 1.54) is 6.08 Å². The predicted molar refractivity (Wildman–Crippen MR) is 64.1 cm³/mol. The molecular formula is C14H14F2. The largest absolute Gasteiger partial charge is 0.209 e. The molecule has 0 N–H and O–H groups in total. The molecule has 0 fully saturated rings. The van der Waals surface area contributed by atoms with E-state index in [-0.39, 0.29) is 0 Å². The van der Waals surface area contributed by atoms with Gasteiger partial charge in [0.15, 0.2) is 5.83 Å². The van der Waals surface area contributed by atoms with Crippen LogP contribution in [-0.2, 0) is 0 Å². The summed E-state index contributed by atoms with van der Waals surface area (Å²) in [5.74, 6) is -1.64. The zero-order valence-corrected chi connectivity index (χ0v) is 9.37. The summed E-state index contributed by atoms with van der Waals surface area (Å²) in [4.78, 5) is 0. The maximum absolute atomic E-state index is 12.8. The molecule has 0 aliphatic heterocycles. The Balaban J connectivity index is 2.77. The highest BCUT2D eigenvalue weighted by Gasteiger charge is 1.94. The second kappa shape index (κ2) is 6.01. The van der Waals surface area contributed by atoms with Crippen LogP contribution in [-0.4, -0.2) is 0 Å². The molecule has 0 amide bonds. The lowest BCUT2D eigenvalue weighted by atomic mass is 10.1. The molecule has 0 nitrogen and oxygen atoms in total. The summed E-state index contributed by atoms with van der Waals surface area (Å²) in [7, 11) is 0. The van der Waals surface area contributed by atoms with Crippen LogP contribution in [0.25, 0.3) is 5.57 Å². The van der Waals surface area contributed by atoms with Gasteiger partial charge in [0.2, 0.25) is 0 Å². The van der Waals surface area contributed by atoms with Gasteiger partial charge in [0.1, 0.15) is 5.83 Å². The Bertz CT molecular complexity index is 421. The standard InChI is InChI=1S/C14H14F2/c1-11(13-8-4-3-5-9-13)7-6-10-14(16)12(2)15/h3-10H,1-2H3/b10-6-,11-7+,14-12-. The molecule has 0 saturated heterocycles. The molecule has 16 heavy (non-hydrogen) atoms. The van der Waals surface area contributed by atoms with E-state index in [2.05, 4.69) is 0 Å². The van der Waals surface area contributed by atoms with Crippen LogP contribution in [0.5, 0.6) is 0 Å². The van der Waals surface area contributed by atoms with Crippen molar-refractivity contribution in [2.45, 2.75) is 13.8 Å². The van der Waals surface area contributed by atoms with E-state index in [0.29, 0.717) is 0 Å². The molecule has 1 rings (SSSR count). The molecule has 0 heterocycles. The fourth-order valence-corrected chi connectivity index (χ4v) is 1.19. The predicted octanol–water partition coefficient (Wildman–Crippen LogP) is 4.82. The SMILES string of the molecule is C\C(F)=C(F)/C=C\C=C(/C)c1ccccc1. The van der Waals surface area contributed by atoms with Crippen LogP contribution in [0.2, 0.25) is 0 Å². The molecule has 0 unspecified atom stereocenters. The third-order valence-corrected chi connectivity index (χ3v) is 2.15. The van der Waals surface area contributed by atoms with Crippen molar-refractivity contribution >= 4 is 5.57 Å². The summed E-state index contributed by atoms with van der Waals surface area (Å²) >= 11 is 0. The number of allylic oxidation sites excluding steroid dienone is 6. The zero-order chi connectivity index (χ0) is 12.0. The minimum atomic E-state index is -0.836. The molecule has 0 saturated carbocycles. The van der Waals surface area contributed by atoms with E-state index >= 15 is 0 Å². The summed E-state index contributed by atoms with van der Waals surface area (Å²) in [6, 6.07) is 9.73. The van der Waals surface area contributed by atoms with Gasteiger partial charge >= 0.3 is 0 Å². The number of hydrogen-bond donors (Lipinski definition) is 0. The Morgan fingerprint density at radius 1 is 1.06 bits per heavy atom. The lowest BCUT2D eigenvalue weighted by Crippen LogP contribution is -1.76. The second-order valence-electron chi connectivity index (χ2n) is 3.46. The highest BCUT2D eigenvalue weighted by Crippen LogP contribution is 2.13. The highest BCUT2D eigenvalue weighted by molar-refractivity contribution is 5.65. The maximum Gasteiger partial charge on any atom is 0.154 e. The van der Waals surface area contributed by atoms with Crippen LogP contribution in [0.3, 0.4) is 0 Å². The molecule has 84 valence electrons. The Morgan fingerprint density at radius 2 is 1.69 bits per heavy atom. The summed E-state index contributed by atoms with van der Waals surface area (Å²) in [6.45, 7) is 3.01. The van der Waals surface area contributed by atoms with Gasteiger partial charge in [0.05, 0.1) is 0 Å². The summed E-state index contributed by atoms with van der Waals surface area (Å²) in [5.41, 5.74) is 2.06. The molecule has 0 radical (unpaired) electrons. The van der Waals surface area contributed by atoms with Crippen molar-refractivity contribution in [2.24, 2.45) is 0 Å².